The predicted octanol–water partition coefficient (Wildman–Crippen LogP) is 5.20. The number of aromatic carboxylic acids is 1. The minimum absolute atomic E-state index is 0.0732. The lowest BCUT2D eigenvalue weighted by Crippen LogP contribution is -2.41. The summed E-state index contributed by atoms with van der Waals surface area (Å²) < 4.78 is 12.0. The van der Waals surface area contributed by atoms with Crippen LogP contribution in [0.1, 0.15) is 71.5 Å². The monoisotopic (exact) mass is 571 g/mol. The smallest absolute Gasteiger partial charge is 0.335 e. The Morgan fingerprint density at radius 3 is 2.12 bits per heavy atom. The quantitative estimate of drug-likeness (QED) is 0.370. The second-order valence-corrected chi connectivity index (χ2v) is 10.7. The Labute approximate surface area is 243 Å². The number of benzene rings is 2. The number of carboxylic acids is 2. The van der Waals surface area contributed by atoms with Gasteiger partial charge in [0.05, 0.1) is 12.7 Å². The molecule has 9 nitrogen and oxygen atoms in total. The van der Waals surface area contributed by atoms with Crippen molar-refractivity contribution in [2.45, 2.75) is 57.5 Å². The second kappa shape index (κ2) is 12.1. The van der Waals surface area contributed by atoms with Crippen molar-refractivity contribution in [3.8, 4) is 11.5 Å². The van der Waals surface area contributed by atoms with Gasteiger partial charge in [0.2, 0.25) is 0 Å². The molecular formula is C33H33NO8. The molecule has 3 aliphatic rings. The molecule has 0 aromatic heterocycles. The minimum Gasteiger partial charge on any atom is -0.493 e. The van der Waals surface area contributed by atoms with Gasteiger partial charge in [-0.3, -0.25) is 14.4 Å². The summed E-state index contributed by atoms with van der Waals surface area (Å²) in [5.41, 5.74) is 4.80. The molecule has 1 aliphatic heterocycles. The van der Waals surface area contributed by atoms with Crippen molar-refractivity contribution < 1.29 is 38.9 Å². The Bertz CT molecular complexity index is 1490. The number of carbonyl (C=O) groups excluding carboxylic acids is 2. The highest BCUT2D eigenvalue weighted by Gasteiger charge is 2.44. The van der Waals surface area contributed by atoms with E-state index in [9.17, 15) is 29.4 Å². The van der Waals surface area contributed by atoms with E-state index in [1.54, 1.807) is 29.2 Å². The first-order chi connectivity index (χ1) is 20.2. The van der Waals surface area contributed by atoms with Crippen molar-refractivity contribution in [3.05, 3.63) is 93.8 Å². The maximum atomic E-state index is 13.5. The van der Waals surface area contributed by atoms with Crippen LogP contribution in [0.3, 0.4) is 0 Å². The highest BCUT2D eigenvalue weighted by Crippen LogP contribution is 2.50. The van der Waals surface area contributed by atoms with Crippen molar-refractivity contribution >= 4 is 23.5 Å². The molecule has 0 saturated carbocycles. The highest BCUT2D eigenvalue weighted by atomic mass is 16.5. The van der Waals surface area contributed by atoms with Crippen molar-refractivity contribution in [3.63, 3.8) is 0 Å². The van der Waals surface area contributed by atoms with Crippen LogP contribution in [0.15, 0.2) is 71.6 Å². The van der Waals surface area contributed by atoms with Crippen LogP contribution in [0.5, 0.6) is 11.5 Å². The topological polar surface area (TPSA) is 130 Å². The molecule has 2 aromatic rings. The average Bonchev–Trinajstić information content (AvgIpc) is 2.97. The van der Waals surface area contributed by atoms with Crippen LogP contribution in [0.25, 0.3) is 0 Å². The molecule has 218 valence electrons. The summed E-state index contributed by atoms with van der Waals surface area (Å²) in [6, 6.07) is 10.1. The largest absolute Gasteiger partial charge is 0.493 e. The molecule has 2 aliphatic carbocycles. The van der Waals surface area contributed by atoms with Gasteiger partial charge in [-0.15, -0.1) is 6.58 Å². The van der Waals surface area contributed by atoms with E-state index in [4.69, 9.17) is 9.47 Å². The Balaban J connectivity index is 1.61. The molecule has 0 fully saturated rings. The van der Waals surface area contributed by atoms with Crippen LogP contribution < -0.4 is 9.47 Å². The molecule has 0 atom stereocenters. The van der Waals surface area contributed by atoms with E-state index in [2.05, 4.69) is 6.58 Å². The van der Waals surface area contributed by atoms with Crippen molar-refractivity contribution in [1.82, 2.24) is 4.90 Å². The van der Waals surface area contributed by atoms with Crippen LogP contribution in [0, 0.1) is 0 Å². The Morgan fingerprint density at radius 2 is 1.60 bits per heavy atom. The molecule has 42 heavy (non-hydrogen) atoms. The van der Waals surface area contributed by atoms with E-state index in [0.29, 0.717) is 84.5 Å². The highest BCUT2D eigenvalue weighted by molar-refractivity contribution is 6.06. The Morgan fingerprint density at radius 1 is 0.976 bits per heavy atom. The van der Waals surface area contributed by atoms with Crippen LogP contribution >= 0.6 is 0 Å². The SMILES string of the molecule is C=CCc1cc(C2C3=C(CCCC3=O)N(CC(=O)O)C3=C2C(=O)CCC3)cc(OC)c1OCc1ccc(C(=O)O)cc1. The van der Waals surface area contributed by atoms with Gasteiger partial charge in [0.1, 0.15) is 13.2 Å². The van der Waals surface area contributed by atoms with Crippen molar-refractivity contribution in [1.29, 1.82) is 0 Å². The number of hydrogen-bond donors (Lipinski definition) is 2. The summed E-state index contributed by atoms with van der Waals surface area (Å²) in [5.74, 6) is -1.89. The maximum Gasteiger partial charge on any atom is 0.335 e. The van der Waals surface area contributed by atoms with Gasteiger partial charge < -0.3 is 24.6 Å². The molecule has 0 saturated heterocycles. The fourth-order valence-corrected chi connectivity index (χ4v) is 6.25. The molecule has 2 aromatic carbocycles. The Kier molecular flexibility index (Phi) is 8.29. The number of nitrogens with zero attached hydrogens (tertiary/aromatic N) is 1. The fraction of sp³-hybridized carbons (Fsp3) is 0.333. The number of hydrogen-bond acceptors (Lipinski definition) is 7. The number of carboxylic acid groups (broad SMARTS) is 2. The second-order valence-electron chi connectivity index (χ2n) is 10.7. The van der Waals surface area contributed by atoms with E-state index in [0.717, 1.165) is 11.1 Å². The molecule has 0 radical (unpaired) electrons. The van der Waals surface area contributed by atoms with E-state index in [1.165, 1.54) is 19.2 Å². The van der Waals surface area contributed by atoms with Crippen LogP contribution in [-0.4, -0.2) is 52.3 Å². The first-order valence-electron chi connectivity index (χ1n) is 14.0. The normalized spacial score (nSPS) is 17.1. The number of ketones is 2. The molecule has 0 bridgehead atoms. The van der Waals surface area contributed by atoms with Crippen molar-refractivity contribution in [2.24, 2.45) is 0 Å². The number of allylic oxidation sites excluding steroid dienone is 5. The first kappa shape index (κ1) is 28.9. The zero-order valence-corrected chi connectivity index (χ0v) is 23.5. The zero-order chi connectivity index (χ0) is 30.0. The molecule has 5 rings (SSSR count). The summed E-state index contributed by atoms with van der Waals surface area (Å²) in [7, 11) is 1.52. The molecule has 0 spiro atoms. The van der Waals surface area contributed by atoms with Crippen molar-refractivity contribution in [2.75, 3.05) is 13.7 Å². The Hall–Kier alpha value is -4.66. The number of carbonyl (C=O) groups is 4. The van der Waals surface area contributed by atoms with Gasteiger partial charge in [0.15, 0.2) is 23.1 Å². The van der Waals surface area contributed by atoms with E-state index in [-0.39, 0.29) is 30.3 Å². The summed E-state index contributed by atoms with van der Waals surface area (Å²) in [6.45, 7) is 3.76. The summed E-state index contributed by atoms with van der Waals surface area (Å²) in [6.07, 6.45) is 5.22. The molecule has 0 amide bonds. The molecule has 1 heterocycles. The minimum atomic E-state index is -1.02. The third-order valence-corrected chi connectivity index (χ3v) is 8.04. The summed E-state index contributed by atoms with van der Waals surface area (Å²) in [4.78, 5) is 51.8. The zero-order valence-electron chi connectivity index (χ0n) is 23.5. The lowest BCUT2D eigenvalue weighted by molar-refractivity contribution is -0.138. The van der Waals surface area contributed by atoms with Crippen LogP contribution in [0.4, 0.5) is 0 Å². The molecule has 2 N–H and O–H groups in total. The van der Waals surface area contributed by atoms with Crippen LogP contribution in [0.2, 0.25) is 0 Å². The van der Waals surface area contributed by atoms with Gasteiger partial charge in [-0.1, -0.05) is 24.3 Å². The number of ether oxygens (including phenoxy) is 2. The lowest BCUT2D eigenvalue weighted by Gasteiger charge is -2.43. The molecule has 0 unspecified atom stereocenters. The van der Waals surface area contributed by atoms with Gasteiger partial charge in [-0.2, -0.15) is 0 Å². The number of methoxy groups -OCH3 is 1. The van der Waals surface area contributed by atoms with Gasteiger partial charge in [0, 0.05) is 46.9 Å². The molecule has 9 heteroatoms. The number of rotatable bonds is 10. The van der Waals surface area contributed by atoms with Crippen LogP contribution in [-0.2, 0) is 27.4 Å². The summed E-state index contributed by atoms with van der Waals surface area (Å²) >= 11 is 0. The fourth-order valence-electron chi connectivity index (χ4n) is 6.25. The van der Waals surface area contributed by atoms with Gasteiger partial charge >= 0.3 is 11.9 Å². The first-order valence-corrected chi connectivity index (χ1v) is 14.0. The lowest BCUT2D eigenvalue weighted by atomic mass is 9.70. The molecular weight excluding hydrogens is 538 g/mol. The number of aliphatic carboxylic acids is 1. The third kappa shape index (κ3) is 5.46. The summed E-state index contributed by atoms with van der Waals surface area (Å²) in [5, 5.41) is 18.9. The van der Waals surface area contributed by atoms with E-state index >= 15 is 0 Å². The van der Waals surface area contributed by atoms with E-state index in [1.807, 2.05) is 6.07 Å². The number of Topliss-reactive ketones (excluding diaryl/α,β-unsaturated/α-hetero) is 2. The van der Waals surface area contributed by atoms with Gasteiger partial charge in [-0.25, -0.2) is 4.79 Å². The van der Waals surface area contributed by atoms with Gasteiger partial charge in [0.25, 0.3) is 0 Å². The van der Waals surface area contributed by atoms with E-state index < -0.39 is 17.9 Å². The third-order valence-electron chi connectivity index (χ3n) is 8.04. The standard InChI is InChI=1S/C33H33NO8/c1-3-6-21-15-22(16-27(41-2)32(21)42-18-19-11-13-20(14-12-19)33(39)40)29-30-23(7-4-9-25(30)35)34(17-28(37)38)24-8-5-10-26(36)31(24)29/h3,11-16,29H,1,4-10,17-18H2,2H3,(H,37,38)(H,39,40). The van der Waals surface area contributed by atoms with Gasteiger partial charge in [-0.05, 0) is 61.4 Å². The maximum absolute atomic E-state index is 13.5. The average molecular weight is 572 g/mol. The predicted molar refractivity (Wildman–Crippen MR) is 153 cm³/mol.